The Morgan fingerprint density at radius 2 is 2.05 bits per heavy atom. The summed E-state index contributed by atoms with van der Waals surface area (Å²) in [5.41, 5.74) is 0.549. The van der Waals surface area contributed by atoms with Crippen LogP contribution < -0.4 is 0 Å². The molecule has 19 heavy (non-hydrogen) atoms. The van der Waals surface area contributed by atoms with Crippen LogP contribution in [0.4, 0.5) is 0 Å². The molecule has 0 aliphatic heterocycles. The number of para-hydroxylation sites is 1. The smallest absolute Gasteiger partial charge is 0.0967 e. The molecule has 0 atom stereocenters. The maximum absolute atomic E-state index is 10.7. The van der Waals surface area contributed by atoms with Crippen molar-refractivity contribution in [3.05, 3.63) is 29.3 Å². The largest absolute Gasteiger partial charge is 0.389 e. The van der Waals surface area contributed by atoms with Gasteiger partial charge in [0.1, 0.15) is 0 Å². The van der Waals surface area contributed by atoms with Gasteiger partial charge in [-0.2, -0.15) is 0 Å². The summed E-state index contributed by atoms with van der Waals surface area (Å²) >= 11 is 1.72. The van der Waals surface area contributed by atoms with Gasteiger partial charge in [-0.25, -0.2) is 4.98 Å². The summed E-state index contributed by atoms with van der Waals surface area (Å²) in [5, 5.41) is 11.8. The zero-order valence-electron chi connectivity index (χ0n) is 11.4. The Morgan fingerprint density at radius 1 is 1.32 bits per heavy atom. The zero-order valence-corrected chi connectivity index (χ0v) is 12.2. The van der Waals surface area contributed by atoms with Crippen LogP contribution in [0.1, 0.15) is 44.0 Å². The second-order valence-corrected chi connectivity index (χ2v) is 6.94. The summed E-state index contributed by atoms with van der Waals surface area (Å²) in [4.78, 5) is 4.65. The van der Waals surface area contributed by atoms with E-state index < -0.39 is 5.60 Å². The number of thiazole rings is 1. The molecule has 102 valence electrons. The maximum atomic E-state index is 10.7. The van der Waals surface area contributed by atoms with Gasteiger partial charge in [-0.15, -0.1) is 11.3 Å². The highest BCUT2D eigenvalue weighted by atomic mass is 32.1. The van der Waals surface area contributed by atoms with Gasteiger partial charge in [0.25, 0.3) is 0 Å². The van der Waals surface area contributed by atoms with E-state index in [1.165, 1.54) is 11.1 Å². The monoisotopic (exact) mass is 275 g/mol. The van der Waals surface area contributed by atoms with Crippen LogP contribution in [0.2, 0.25) is 0 Å². The molecule has 2 nitrogen and oxygen atoms in total. The molecule has 1 N–H and O–H groups in total. The third kappa shape index (κ3) is 2.82. The lowest BCUT2D eigenvalue weighted by Gasteiger charge is -2.35. The number of hydrogen-bond acceptors (Lipinski definition) is 3. The molecule has 0 radical (unpaired) electrons. The Kier molecular flexibility index (Phi) is 3.59. The Bertz CT molecular complexity index is 522. The van der Waals surface area contributed by atoms with Crippen molar-refractivity contribution in [1.82, 2.24) is 4.98 Å². The molecule has 1 fully saturated rings. The van der Waals surface area contributed by atoms with Crippen LogP contribution in [0.5, 0.6) is 0 Å². The number of fused-ring (bicyclic) bond motifs is 1. The molecule has 1 saturated carbocycles. The molecule has 0 unspecified atom stereocenters. The van der Waals surface area contributed by atoms with Gasteiger partial charge in [0.05, 0.1) is 20.8 Å². The quantitative estimate of drug-likeness (QED) is 0.912. The van der Waals surface area contributed by atoms with Crippen molar-refractivity contribution in [3.63, 3.8) is 0 Å². The predicted octanol–water partition coefficient (Wildman–Crippen LogP) is 4.17. The Labute approximate surface area is 118 Å². The fraction of sp³-hybridized carbons (Fsp3) is 0.562. The van der Waals surface area contributed by atoms with Gasteiger partial charge in [-0.3, -0.25) is 0 Å². The van der Waals surface area contributed by atoms with Crippen molar-refractivity contribution in [2.24, 2.45) is 5.92 Å². The van der Waals surface area contributed by atoms with Gasteiger partial charge in [0.15, 0.2) is 0 Å². The average molecular weight is 275 g/mol. The minimum atomic E-state index is -0.514. The number of hydrogen-bond donors (Lipinski definition) is 1. The van der Waals surface area contributed by atoms with E-state index in [0.29, 0.717) is 0 Å². The molecule has 1 heterocycles. The van der Waals surface area contributed by atoms with E-state index in [0.717, 1.165) is 48.5 Å². The summed E-state index contributed by atoms with van der Waals surface area (Å²) in [6.45, 7) is 2.25. The fourth-order valence-electron chi connectivity index (χ4n) is 3.08. The van der Waals surface area contributed by atoms with Gasteiger partial charge in [-0.1, -0.05) is 25.5 Å². The first kappa shape index (κ1) is 13.1. The summed E-state index contributed by atoms with van der Waals surface area (Å²) < 4.78 is 1.23. The lowest BCUT2D eigenvalue weighted by atomic mass is 9.76. The van der Waals surface area contributed by atoms with Crippen molar-refractivity contribution >= 4 is 21.6 Å². The zero-order chi connectivity index (χ0) is 13.3. The van der Waals surface area contributed by atoms with Crippen molar-refractivity contribution in [3.8, 4) is 0 Å². The molecule has 0 saturated heterocycles. The summed E-state index contributed by atoms with van der Waals surface area (Å²) in [6.07, 6.45) is 6.17. The van der Waals surface area contributed by atoms with Crippen LogP contribution in [0.15, 0.2) is 24.3 Å². The van der Waals surface area contributed by atoms with Gasteiger partial charge in [-0.05, 0) is 43.7 Å². The fourth-order valence-corrected chi connectivity index (χ4v) is 4.18. The highest BCUT2D eigenvalue weighted by Crippen LogP contribution is 2.37. The van der Waals surface area contributed by atoms with E-state index in [2.05, 4.69) is 18.0 Å². The van der Waals surface area contributed by atoms with E-state index in [9.17, 15) is 5.11 Å². The number of nitrogens with zero attached hydrogens (tertiary/aromatic N) is 1. The minimum Gasteiger partial charge on any atom is -0.389 e. The normalized spacial score (nSPS) is 27.8. The first-order valence-electron chi connectivity index (χ1n) is 7.25. The highest BCUT2D eigenvalue weighted by molar-refractivity contribution is 7.18. The first-order chi connectivity index (χ1) is 9.18. The molecule has 2 aromatic rings. The second-order valence-electron chi connectivity index (χ2n) is 5.83. The number of aliphatic hydroxyl groups is 1. The SMILES string of the molecule is CCC1CCC(O)(Cc2nc3ccccc3s2)CC1. The third-order valence-corrected chi connectivity index (χ3v) is 5.47. The first-order valence-corrected chi connectivity index (χ1v) is 8.07. The van der Waals surface area contributed by atoms with E-state index >= 15 is 0 Å². The van der Waals surface area contributed by atoms with Crippen LogP contribution in [0, 0.1) is 5.92 Å². The van der Waals surface area contributed by atoms with Crippen molar-refractivity contribution in [1.29, 1.82) is 0 Å². The molecule has 0 spiro atoms. The molecule has 0 amide bonds. The Morgan fingerprint density at radius 3 is 2.74 bits per heavy atom. The van der Waals surface area contributed by atoms with E-state index in [1.807, 2.05) is 18.2 Å². The van der Waals surface area contributed by atoms with Crippen molar-refractivity contribution in [2.75, 3.05) is 0 Å². The average Bonchev–Trinajstić information content (AvgIpc) is 2.81. The molecule has 3 rings (SSSR count). The summed E-state index contributed by atoms with van der Waals surface area (Å²) in [6, 6.07) is 8.22. The topological polar surface area (TPSA) is 33.1 Å². The molecule has 1 aliphatic rings. The summed E-state index contributed by atoms with van der Waals surface area (Å²) in [7, 11) is 0. The van der Waals surface area contributed by atoms with Crippen LogP contribution >= 0.6 is 11.3 Å². The molecule has 1 aromatic heterocycles. The minimum absolute atomic E-state index is 0.514. The highest BCUT2D eigenvalue weighted by Gasteiger charge is 2.33. The second kappa shape index (κ2) is 5.22. The molecule has 3 heteroatoms. The number of benzene rings is 1. The van der Waals surface area contributed by atoms with Crippen LogP contribution in [-0.2, 0) is 6.42 Å². The molecule has 0 bridgehead atoms. The number of aromatic nitrogens is 1. The Hall–Kier alpha value is -0.930. The van der Waals surface area contributed by atoms with Crippen LogP contribution in [-0.4, -0.2) is 15.7 Å². The van der Waals surface area contributed by atoms with Crippen LogP contribution in [0.25, 0.3) is 10.2 Å². The predicted molar refractivity (Wildman–Crippen MR) is 80.5 cm³/mol. The Balaban J connectivity index is 1.73. The van der Waals surface area contributed by atoms with Gasteiger partial charge < -0.3 is 5.11 Å². The standard InChI is InChI=1S/C16H21NOS/c1-2-12-7-9-16(18,10-8-12)11-15-17-13-5-3-4-6-14(13)19-15/h3-6,12,18H,2,7-11H2,1H3. The molecular formula is C16H21NOS. The van der Waals surface area contributed by atoms with Crippen LogP contribution in [0.3, 0.4) is 0 Å². The number of rotatable bonds is 3. The van der Waals surface area contributed by atoms with E-state index in [1.54, 1.807) is 11.3 Å². The lowest BCUT2D eigenvalue weighted by molar-refractivity contribution is -0.00921. The lowest BCUT2D eigenvalue weighted by Crippen LogP contribution is -2.36. The van der Waals surface area contributed by atoms with Crippen molar-refractivity contribution in [2.45, 2.75) is 51.0 Å². The van der Waals surface area contributed by atoms with E-state index in [-0.39, 0.29) is 0 Å². The third-order valence-electron chi connectivity index (χ3n) is 4.43. The van der Waals surface area contributed by atoms with Crippen molar-refractivity contribution < 1.29 is 5.11 Å². The molecule has 1 aliphatic carbocycles. The molecular weight excluding hydrogens is 254 g/mol. The van der Waals surface area contributed by atoms with Gasteiger partial charge in [0, 0.05) is 6.42 Å². The van der Waals surface area contributed by atoms with E-state index in [4.69, 9.17) is 0 Å². The van der Waals surface area contributed by atoms with Gasteiger partial charge in [0.2, 0.25) is 0 Å². The summed E-state index contributed by atoms with van der Waals surface area (Å²) in [5.74, 6) is 0.815. The van der Waals surface area contributed by atoms with Gasteiger partial charge >= 0.3 is 0 Å². The molecule has 1 aromatic carbocycles. The maximum Gasteiger partial charge on any atom is 0.0967 e.